The predicted molar refractivity (Wildman–Crippen MR) is 71.7 cm³/mol. The van der Waals surface area contributed by atoms with Gasteiger partial charge in [-0.3, -0.25) is 4.79 Å². The summed E-state index contributed by atoms with van der Waals surface area (Å²) in [5.41, 5.74) is 0.906. The van der Waals surface area contributed by atoms with E-state index in [-0.39, 0.29) is 12.3 Å². The lowest BCUT2D eigenvalue weighted by Crippen LogP contribution is -2.19. The molecule has 0 amide bonds. The molecule has 1 aliphatic carbocycles. The van der Waals surface area contributed by atoms with E-state index in [4.69, 9.17) is 19.3 Å². The van der Waals surface area contributed by atoms with E-state index in [1.54, 1.807) is 13.2 Å². The molecule has 0 saturated heterocycles. The quantitative estimate of drug-likeness (QED) is 0.896. The predicted octanol–water partition coefficient (Wildman–Crippen LogP) is 2.43. The van der Waals surface area contributed by atoms with E-state index in [9.17, 15) is 4.79 Å². The van der Waals surface area contributed by atoms with Crippen molar-refractivity contribution in [1.29, 1.82) is 0 Å². The van der Waals surface area contributed by atoms with Gasteiger partial charge in [-0.2, -0.15) is 0 Å². The number of hydrogen-bond acceptors (Lipinski definition) is 4. The Bertz CT molecular complexity index is 521. The number of aliphatic carboxylic acids is 1. The second kappa shape index (κ2) is 5.23. The van der Waals surface area contributed by atoms with Crippen molar-refractivity contribution < 1.29 is 24.1 Å². The Morgan fingerprint density at radius 2 is 2.15 bits per heavy atom. The number of hydrogen-bond donors (Lipinski definition) is 1. The summed E-state index contributed by atoms with van der Waals surface area (Å²) in [5.74, 6) is 1.64. The average molecular weight is 278 g/mol. The fourth-order valence-corrected chi connectivity index (χ4v) is 2.77. The molecule has 0 radical (unpaired) electrons. The minimum atomic E-state index is -0.782. The van der Waals surface area contributed by atoms with Gasteiger partial charge in [0.2, 0.25) is 0 Å². The van der Waals surface area contributed by atoms with E-state index >= 15 is 0 Å². The minimum absolute atomic E-state index is 0.0296. The SMILES string of the molecule is COc1cc2c(c(C(CC(=O)O)C3CC3)c1)OCCO2. The molecule has 1 aromatic carbocycles. The Balaban J connectivity index is 2.02. The number of carboxylic acids is 1. The molecule has 0 spiro atoms. The van der Waals surface area contributed by atoms with Gasteiger partial charge in [-0.15, -0.1) is 0 Å². The van der Waals surface area contributed by atoms with Crippen molar-refractivity contribution in [2.24, 2.45) is 5.92 Å². The maximum atomic E-state index is 11.1. The first-order chi connectivity index (χ1) is 9.69. The fraction of sp³-hybridized carbons (Fsp3) is 0.533. The van der Waals surface area contributed by atoms with E-state index in [0.717, 1.165) is 18.4 Å². The molecule has 1 N–H and O–H groups in total. The maximum absolute atomic E-state index is 11.1. The highest BCUT2D eigenvalue weighted by atomic mass is 16.6. The minimum Gasteiger partial charge on any atom is -0.497 e. The highest BCUT2D eigenvalue weighted by Crippen LogP contribution is 2.50. The van der Waals surface area contributed by atoms with E-state index < -0.39 is 5.97 Å². The van der Waals surface area contributed by atoms with E-state index in [2.05, 4.69) is 0 Å². The third-order valence-electron chi connectivity index (χ3n) is 3.87. The van der Waals surface area contributed by atoms with E-state index in [1.807, 2.05) is 6.07 Å². The standard InChI is InChI=1S/C15H18O5/c1-18-10-6-12(11(8-14(16)17)9-2-3-9)15-13(7-10)19-4-5-20-15/h6-7,9,11H,2-5,8H2,1H3,(H,16,17). The van der Waals surface area contributed by atoms with Crippen LogP contribution in [-0.2, 0) is 4.79 Å². The summed E-state index contributed by atoms with van der Waals surface area (Å²) in [5, 5.41) is 9.15. The Hall–Kier alpha value is -1.91. The molecule has 1 aliphatic heterocycles. The van der Waals surface area contributed by atoms with Crippen molar-refractivity contribution in [2.45, 2.75) is 25.2 Å². The highest BCUT2D eigenvalue weighted by Gasteiger charge is 2.37. The van der Waals surface area contributed by atoms with Crippen molar-refractivity contribution in [3.8, 4) is 17.2 Å². The van der Waals surface area contributed by atoms with Gasteiger partial charge < -0.3 is 19.3 Å². The summed E-state index contributed by atoms with van der Waals surface area (Å²) in [6, 6.07) is 3.68. The molecule has 5 heteroatoms. The van der Waals surface area contributed by atoms with Gasteiger partial charge in [0.25, 0.3) is 0 Å². The van der Waals surface area contributed by atoms with Crippen LogP contribution in [0, 0.1) is 5.92 Å². The topological polar surface area (TPSA) is 65.0 Å². The van der Waals surface area contributed by atoms with Crippen LogP contribution >= 0.6 is 0 Å². The van der Waals surface area contributed by atoms with Gasteiger partial charge in [0.05, 0.1) is 13.5 Å². The third kappa shape index (κ3) is 2.53. The third-order valence-corrected chi connectivity index (χ3v) is 3.87. The molecule has 0 aromatic heterocycles. The first-order valence-corrected chi connectivity index (χ1v) is 6.88. The van der Waals surface area contributed by atoms with Gasteiger partial charge in [0.15, 0.2) is 11.5 Å². The van der Waals surface area contributed by atoms with Gasteiger partial charge in [-0.1, -0.05) is 0 Å². The van der Waals surface area contributed by atoms with Crippen molar-refractivity contribution in [1.82, 2.24) is 0 Å². The van der Waals surface area contributed by atoms with Crippen LogP contribution in [0.5, 0.6) is 17.2 Å². The first-order valence-electron chi connectivity index (χ1n) is 6.88. The Kier molecular flexibility index (Phi) is 3.42. The Labute approximate surface area is 117 Å². The lowest BCUT2D eigenvalue weighted by Gasteiger charge is -2.25. The number of benzene rings is 1. The van der Waals surface area contributed by atoms with Gasteiger partial charge in [-0.25, -0.2) is 0 Å². The molecule has 1 saturated carbocycles. The number of rotatable bonds is 5. The first kappa shape index (κ1) is 13.1. The second-order valence-corrected chi connectivity index (χ2v) is 5.28. The molecule has 5 nitrogen and oxygen atoms in total. The Morgan fingerprint density at radius 3 is 2.80 bits per heavy atom. The zero-order chi connectivity index (χ0) is 14.1. The fourth-order valence-electron chi connectivity index (χ4n) is 2.77. The van der Waals surface area contributed by atoms with Crippen molar-refractivity contribution in [3.05, 3.63) is 17.7 Å². The molecule has 3 rings (SSSR count). The largest absolute Gasteiger partial charge is 0.497 e. The smallest absolute Gasteiger partial charge is 0.303 e. The van der Waals surface area contributed by atoms with Crippen molar-refractivity contribution in [3.63, 3.8) is 0 Å². The highest BCUT2D eigenvalue weighted by molar-refractivity contribution is 5.69. The summed E-state index contributed by atoms with van der Waals surface area (Å²) >= 11 is 0. The van der Waals surface area contributed by atoms with Crippen LogP contribution in [0.25, 0.3) is 0 Å². The van der Waals surface area contributed by atoms with E-state index in [1.165, 1.54) is 0 Å². The van der Waals surface area contributed by atoms with Crippen molar-refractivity contribution in [2.75, 3.05) is 20.3 Å². The normalized spacial score (nSPS) is 18.4. The molecule has 1 heterocycles. The van der Waals surface area contributed by atoms with Crippen LogP contribution in [0.2, 0.25) is 0 Å². The zero-order valence-corrected chi connectivity index (χ0v) is 11.4. The summed E-state index contributed by atoms with van der Waals surface area (Å²) in [7, 11) is 1.60. The number of methoxy groups -OCH3 is 1. The molecule has 0 bridgehead atoms. The molecule has 20 heavy (non-hydrogen) atoms. The lowest BCUT2D eigenvalue weighted by atomic mass is 9.89. The molecule has 1 fully saturated rings. The monoisotopic (exact) mass is 278 g/mol. The molecule has 2 aliphatic rings. The summed E-state index contributed by atoms with van der Waals surface area (Å²) in [6.07, 6.45) is 2.27. The van der Waals surface area contributed by atoms with Crippen molar-refractivity contribution >= 4 is 5.97 Å². The Morgan fingerprint density at radius 1 is 1.40 bits per heavy atom. The molecular weight excluding hydrogens is 260 g/mol. The van der Waals surface area contributed by atoms with Gasteiger partial charge in [0, 0.05) is 17.5 Å². The number of carbonyl (C=O) groups is 1. The van der Waals surface area contributed by atoms with Crippen LogP contribution in [0.1, 0.15) is 30.7 Å². The van der Waals surface area contributed by atoms with Gasteiger partial charge >= 0.3 is 5.97 Å². The summed E-state index contributed by atoms with van der Waals surface area (Å²) in [6.45, 7) is 1.00. The average Bonchev–Trinajstić information content (AvgIpc) is 3.28. The summed E-state index contributed by atoms with van der Waals surface area (Å²) in [4.78, 5) is 11.1. The van der Waals surface area contributed by atoms with Crippen LogP contribution in [0.4, 0.5) is 0 Å². The lowest BCUT2D eigenvalue weighted by molar-refractivity contribution is -0.137. The van der Waals surface area contributed by atoms with Gasteiger partial charge in [-0.05, 0) is 24.8 Å². The van der Waals surface area contributed by atoms with Crippen LogP contribution in [0.15, 0.2) is 12.1 Å². The summed E-state index contributed by atoms with van der Waals surface area (Å²) < 4.78 is 16.6. The second-order valence-electron chi connectivity index (χ2n) is 5.28. The van der Waals surface area contributed by atoms with E-state index in [0.29, 0.717) is 36.4 Å². The van der Waals surface area contributed by atoms with Gasteiger partial charge in [0.1, 0.15) is 19.0 Å². The number of carboxylic acid groups (broad SMARTS) is 1. The number of fused-ring (bicyclic) bond motifs is 1. The van der Waals surface area contributed by atoms with Crippen LogP contribution in [0.3, 0.4) is 0 Å². The van der Waals surface area contributed by atoms with Crippen LogP contribution in [-0.4, -0.2) is 31.4 Å². The molecular formula is C15H18O5. The maximum Gasteiger partial charge on any atom is 0.303 e. The number of ether oxygens (including phenoxy) is 3. The molecule has 1 atom stereocenters. The molecule has 108 valence electrons. The molecule has 1 unspecified atom stereocenters. The zero-order valence-electron chi connectivity index (χ0n) is 11.4. The molecule has 1 aromatic rings. The van der Waals surface area contributed by atoms with Crippen LogP contribution < -0.4 is 14.2 Å².